The Morgan fingerprint density at radius 1 is 1.07 bits per heavy atom. The van der Waals surface area contributed by atoms with Crippen molar-refractivity contribution in [3.05, 3.63) is 41.3 Å². The van der Waals surface area contributed by atoms with Crippen molar-refractivity contribution in [1.82, 2.24) is 10.2 Å². The number of hydrogen-bond acceptors (Lipinski definition) is 9. The number of aromatic nitrogens is 2. The van der Waals surface area contributed by atoms with Gasteiger partial charge < -0.3 is 29.6 Å². The Balaban J connectivity index is 1.71. The van der Waals surface area contributed by atoms with Crippen LogP contribution in [0.3, 0.4) is 0 Å². The molecule has 1 saturated heterocycles. The molecule has 5 N–H and O–H groups in total. The van der Waals surface area contributed by atoms with Gasteiger partial charge in [0.15, 0.2) is 6.10 Å². The number of carbonyl (C=O) groups is 1. The summed E-state index contributed by atoms with van der Waals surface area (Å²) in [5.74, 6) is -0.672. The van der Waals surface area contributed by atoms with Crippen molar-refractivity contribution < 1.29 is 34.4 Å². The number of benzene rings is 1. The molecule has 0 unspecified atom stereocenters. The van der Waals surface area contributed by atoms with Crippen LogP contribution in [0, 0.1) is 0 Å². The Hall–Kier alpha value is -2.37. The van der Waals surface area contributed by atoms with Crippen molar-refractivity contribution in [2.75, 3.05) is 11.9 Å². The zero-order chi connectivity index (χ0) is 21.3. The van der Waals surface area contributed by atoms with Crippen molar-refractivity contribution in [2.45, 2.75) is 56.7 Å². The van der Waals surface area contributed by atoms with Crippen molar-refractivity contribution in [3.8, 4) is 0 Å². The molecule has 10 heteroatoms. The van der Waals surface area contributed by atoms with E-state index in [1.54, 1.807) is 12.1 Å². The van der Waals surface area contributed by atoms with Gasteiger partial charge >= 0.3 is 6.01 Å². The summed E-state index contributed by atoms with van der Waals surface area (Å²) in [5.41, 5.74) is 1.43. The topological polar surface area (TPSA) is 158 Å². The molecule has 2 heterocycles. The molecular formula is C19H25N3O7. The first-order valence-electron chi connectivity index (χ1n) is 9.17. The number of anilines is 1. The molecule has 2 aromatic rings. The lowest BCUT2D eigenvalue weighted by Crippen LogP contribution is -2.55. The quantitative estimate of drug-likeness (QED) is 0.475. The molecule has 5 atom stereocenters. The molecule has 1 amide bonds. The van der Waals surface area contributed by atoms with Crippen LogP contribution in [0.5, 0.6) is 0 Å². The Labute approximate surface area is 167 Å². The molecule has 0 bridgehead atoms. The minimum Gasteiger partial charge on any atom is -0.405 e. The molecule has 0 radical (unpaired) electrons. The highest BCUT2D eigenvalue weighted by molar-refractivity contribution is 6.03. The maximum absolute atomic E-state index is 12.4. The molecule has 1 fully saturated rings. The predicted molar refractivity (Wildman–Crippen MR) is 100 cm³/mol. The van der Waals surface area contributed by atoms with E-state index in [0.29, 0.717) is 5.56 Å². The smallest absolute Gasteiger partial charge is 0.322 e. The number of carbonyl (C=O) groups excluding carboxylic acids is 1. The standard InChI is InChI=1S/C19H25N3O7/c1-19(2,3)10-6-4-9(5-7-10)16(27)20-18-22-21-17(29-18)15-14(26)13(25)12(24)11(8-23)28-15/h4-7,11-15,23-26H,8H2,1-3H3,(H,20,22,27)/t11-,12-,13+,14-,15-/m1/s1. The van der Waals surface area contributed by atoms with Crippen molar-refractivity contribution in [1.29, 1.82) is 0 Å². The maximum atomic E-state index is 12.4. The normalized spacial score (nSPS) is 27.6. The molecule has 0 saturated carbocycles. The van der Waals surface area contributed by atoms with Gasteiger partial charge in [-0.2, -0.15) is 0 Å². The van der Waals surface area contributed by atoms with Gasteiger partial charge in [0.25, 0.3) is 5.91 Å². The van der Waals surface area contributed by atoms with E-state index in [0.717, 1.165) is 5.56 Å². The number of amides is 1. The van der Waals surface area contributed by atoms with Crippen LogP contribution < -0.4 is 5.32 Å². The second kappa shape index (κ2) is 8.17. The van der Waals surface area contributed by atoms with Crippen LogP contribution in [0.1, 0.15) is 48.7 Å². The van der Waals surface area contributed by atoms with Crippen LogP contribution in [0.2, 0.25) is 0 Å². The summed E-state index contributed by atoms with van der Waals surface area (Å²) in [6, 6.07) is 6.88. The first-order chi connectivity index (χ1) is 13.6. The fraction of sp³-hybridized carbons (Fsp3) is 0.526. The molecular weight excluding hydrogens is 382 g/mol. The van der Waals surface area contributed by atoms with E-state index in [1.165, 1.54) is 0 Å². The molecule has 1 aliphatic heterocycles. The summed E-state index contributed by atoms with van der Waals surface area (Å²) < 4.78 is 10.7. The monoisotopic (exact) mass is 407 g/mol. The lowest BCUT2D eigenvalue weighted by Gasteiger charge is -2.38. The Morgan fingerprint density at radius 2 is 1.72 bits per heavy atom. The van der Waals surface area contributed by atoms with Crippen LogP contribution in [0.15, 0.2) is 28.7 Å². The van der Waals surface area contributed by atoms with Crippen LogP contribution in [-0.2, 0) is 10.2 Å². The molecule has 1 aromatic carbocycles. The Bertz CT molecular complexity index is 844. The first kappa shape index (κ1) is 21.3. The maximum Gasteiger partial charge on any atom is 0.322 e. The number of aliphatic hydroxyl groups is 4. The molecule has 1 aromatic heterocycles. The SMILES string of the molecule is CC(C)(C)c1ccc(C(=O)Nc2nnc([C@@H]3O[C@H](CO)[C@@H](O)[C@H](O)[C@H]3O)o2)cc1. The second-order valence-corrected chi connectivity index (χ2v) is 7.98. The third kappa shape index (κ3) is 4.46. The fourth-order valence-electron chi connectivity index (χ4n) is 3.00. The van der Waals surface area contributed by atoms with Gasteiger partial charge in [0.2, 0.25) is 5.89 Å². The van der Waals surface area contributed by atoms with Gasteiger partial charge in [0.05, 0.1) is 6.61 Å². The minimum absolute atomic E-state index is 0.0399. The van der Waals surface area contributed by atoms with E-state index < -0.39 is 43.0 Å². The molecule has 1 aliphatic rings. The zero-order valence-corrected chi connectivity index (χ0v) is 16.3. The summed E-state index contributed by atoms with van der Waals surface area (Å²) in [6.07, 6.45) is -7.00. The molecule has 3 rings (SSSR count). The largest absolute Gasteiger partial charge is 0.405 e. The minimum atomic E-state index is -1.57. The third-order valence-electron chi connectivity index (χ3n) is 4.81. The van der Waals surface area contributed by atoms with E-state index in [1.807, 2.05) is 12.1 Å². The average molecular weight is 407 g/mol. The number of aliphatic hydroxyl groups excluding tert-OH is 4. The zero-order valence-electron chi connectivity index (χ0n) is 16.3. The van der Waals surface area contributed by atoms with Gasteiger partial charge in [-0.3, -0.25) is 10.1 Å². The van der Waals surface area contributed by atoms with Gasteiger partial charge in [-0.25, -0.2) is 0 Å². The number of rotatable bonds is 4. The van der Waals surface area contributed by atoms with Crippen molar-refractivity contribution in [3.63, 3.8) is 0 Å². The lowest BCUT2D eigenvalue weighted by atomic mass is 9.87. The van der Waals surface area contributed by atoms with E-state index in [4.69, 9.17) is 9.15 Å². The second-order valence-electron chi connectivity index (χ2n) is 7.98. The van der Waals surface area contributed by atoms with E-state index in [2.05, 4.69) is 36.3 Å². The predicted octanol–water partition coefficient (Wildman–Crippen LogP) is 0.134. The first-order valence-corrected chi connectivity index (χ1v) is 9.17. The van der Waals surface area contributed by atoms with Gasteiger partial charge in [0.1, 0.15) is 24.4 Å². The number of ether oxygens (including phenoxy) is 1. The number of nitrogens with zero attached hydrogens (tertiary/aromatic N) is 2. The molecule has 10 nitrogen and oxygen atoms in total. The van der Waals surface area contributed by atoms with Gasteiger partial charge in [-0.1, -0.05) is 38.0 Å². The summed E-state index contributed by atoms with van der Waals surface area (Å²) in [7, 11) is 0. The highest BCUT2D eigenvalue weighted by Gasteiger charge is 2.46. The number of nitrogens with one attached hydrogen (secondary N) is 1. The third-order valence-corrected chi connectivity index (χ3v) is 4.81. The molecule has 29 heavy (non-hydrogen) atoms. The van der Waals surface area contributed by atoms with Crippen molar-refractivity contribution >= 4 is 11.9 Å². The molecule has 0 aliphatic carbocycles. The van der Waals surface area contributed by atoms with Crippen LogP contribution >= 0.6 is 0 Å². The summed E-state index contributed by atoms with van der Waals surface area (Å²) in [4.78, 5) is 12.4. The lowest BCUT2D eigenvalue weighted by molar-refractivity contribution is -0.236. The van der Waals surface area contributed by atoms with Crippen molar-refractivity contribution in [2.24, 2.45) is 0 Å². The van der Waals surface area contributed by atoms with E-state index >= 15 is 0 Å². The highest BCUT2D eigenvalue weighted by atomic mass is 16.6. The summed E-state index contributed by atoms with van der Waals surface area (Å²) in [5, 5.41) is 48.9. The van der Waals surface area contributed by atoms with E-state index in [9.17, 15) is 25.2 Å². The van der Waals surface area contributed by atoms with Crippen LogP contribution in [-0.4, -0.2) is 67.6 Å². The Kier molecular flexibility index (Phi) is 6.01. The number of hydrogen-bond donors (Lipinski definition) is 5. The van der Waals surface area contributed by atoms with Crippen LogP contribution in [0.25, 0.3) is 0 Å². The Morgan fingerprint density at radius 3 is 2.31 bits per heavy atom. The summed E-state index contributed by atoms with van der Waals surface area (Å²) >= 11 is 0. The van der Waals surface area contributed by atoms with Gasteiger partial charge in [0, 0.05) is 5.56 Å². The van der Waals surface area contributed by atoms with Gasteiger partial charge in [-0.15, -0.1) is 5.10 Å². The average Bonchev–Trinajstić information content (AvgIpc) is 3.14. The van der Waals surface area contributed by atoms with E-state index in [-0.39, 0.29) is 17.3 Å². The highest BCUT2D eigenvalue weighted by Crippen LogP contribution is 2.32. The molecule has 158 valence electrons. The fourth-order valence-corrected chi connectivity index (χ4v) is 3.00. The van der Waals surface area contributed by atoms with Crippen LogP contribution in [0.4, 0.5) is 6.01 Å². The van der Waals surface area contributed by atoms with Gasteiger partial charge in [-0.05, 0) is 23.1 Å². The molecule has 0 spiro atoms. The summed E-state index contributed by atoms with van der Waals surface area (Å²) in [6.45, 7) is 5.63.